The second-order valence-electron chi connectivity index (χ2n) is 4.06. The molecule has 2 rings (SSSR count). The Hall–Kier alpha value is -1.32. The molecule has 0 aliphatic rings. The molecule has 0 fully saturated rings. The van der Waals surface area contributed by atoms with E-state index in [0.717, 1.165) is 6.07 Å². The van der Waals surface area contributed by atoms with E-state index in [9.17, 15) is 13.2 Å². The molecule has 0 atom stereocenters. The number of halogens is 2. The molecule has 0 amide bonds. The first-order valence-corrected chi connectivity index (χ1v) is 8.55. The van der Waals surface area contributed by atoms with E-state index in [-0.39, 0.29) is 10.5 Å². The Balaban J connectivity index is 2.38. The molecule has 2 aromatic rings. The van der Waals surface area contributed by atoms with Crippen LogP contribution in [0.25, 0.3) is 0 Å². The number of carboxylic acid groups (broad SMARTS) is 1. The fourth-order valence-corrected chi connectivity index (χ4v) is 3.34. The van der Waals surface area contributed by atoms with Crippen molar-refractivity contribution in [1.82, 2.24) is 0 Å². The van der Waals surface area contributed by atoms with Gasteiger partial charge in [0.05, 0.1) is 10.5 Å². The number of hydrogen-bond donors (Lipinski definition) is 2. The lowest BCUT2D eigenvalue weighted by molar-refractivity contribution is 0.0695. The zero-order valence-corrected chi connectivity index (χ0v) is 14.1. The van der Waals surface area contributed by atoms with Crippen molar-refractivity contribution >= 4 is 55.9 Å². The quantitative estimate of drug-likeness (QED) is 0.718. The van der Waals surface area contributed by atoms with Crippen LogP contribution in [0.15, 0.2) is 47.4 Å². The minimum Gasteiger partial charge on any atom is -0.478 e. The van der Waals surface area contributed by atoms with Crippen molar-refractivity contribution in [2.24, 2.45) is 0 Å². The first-order chi connectivity index (χ1) is 9.79. The average Bonchev–Trinajstić information content (AvgIpc) is 2.41. The van der Waals surface area contributed by atoms with E-state index in [2.05, 4.69) is 4.72 Å². The number of sulfonamides is 1. The summed E-state index contributed by atoms with van der Waals surface area (Å²) in [4.78, 5) is 10.9. The summed E-state index contributed by atoms with van der Waals surface area (Å²) < 4.78 is 27.3. The molecule has 0 aliphatic heterocycles. The highest BCUT2D eigenvalue weighted by Gasteiger charge is 2.18. The van der Waals surface area contributed by atoms with E-state index < -0.39 is 16.0 Å². The molecule has 0 saturated carbocycles. The molecular formula is C13H9ClINO4S. The van der Waals surface area contributed by atoms with Gasteiger partial charge in [0.1, 0.15) is 0 Å². The van der Waals surface area contributed by atoms with Gasteiger partial charge in [0.15, 0.2) is 0 Å². The summed E-state index contributed by atoms with van der Waals surface area (Å²) in [6, 6.07) is 10.1. The van der Waals surface area contributed by atoms with E-state index >= 15 is 0 Å². The summed E-state index contributed by atoms with van der Waals surface area (Å²) in [5, 5.41) is 9.53. The van der Waals surface area contributed by atoms with Gasteiger partial charge in [0.2, 0.25) is 0 Å². The number of carboxylic acids is 1. The van der Waals surface area contributed by atoms with Gasteiger partial charge in [-0.3, -0.25) is 4.72 Å². The van der Waals surface area contributed by atoms with Crippen molar-refractivity contribution in [1.29, 1.82) is 0 Å². The second-order valence-corrected chi connectivity index (χ2v) is 7.34. The summed E-state index contributed by atoms with van der Waals surface area (Å²) in [6.07, 6.45) is 0. The molecule has 8 heteroatoms. The van der Waals surface area contributed by atoms with Gasteiger partial charge in [-0.1, -0.05) is 11.6 Å². The van der Waals surface area contributed by atoms with Gasteiger partial charge in [-0.05, 0) is 65.1 Å². The van der Waals surface area contributed by atoms with Gasteiger partial charge in [-0.2, -0.15) is 0 Å². The Labute approximate surface area is 140 Å². The van der Waals surface area contributed by atoms with E-state index in [4.69, 9.17) is 16.7 Å². The topological polar surface area (TPSA) is 83.5 Å². The maximum absolute atomic E-state index is 12.2. The molecule has 0 saturated heterocycles. The smallest absolute Gasteiger partial charge is 0.336 e. The Morgan fingerprint density at radius 2 is 1.76 bits per heavy atom. The van der Waals surface area contributed by atoms with Crippen LogP contribution in [0.5, 0.6) is 0 Å². The third-order valence-corrected chi connectivity index (χ3v) is 5.15. The molecule has 0 aromatic heterocycles. The van der Waals surface area contributed by atoms with Crippen molar-refractivity contribution in [3.63, 3.8) is 0 Å². The molecule has 0 aliphatic carbocycles. The molecule has 2 N–H and O–H groups in total. The summed E-state index contributed by atoms with van der Waals surface area (Å²) in [5.74, 6) is -1.18. The van der Waals surface area contributed by atoms with Gasteiger partial charge >= 0.3 is 5.97 Å². The van der Waals surface area contributed by atoms with Crippen LogP contribution >= 0.6 is 34.2 Å². The largest absolute Gasteiger partial charge is 0.478 e. The Kier molecular flexibility index (Phi) is 4.74. The van der Waals surface area contributed by atoms with Crippen LogP contribution in [-0.2, 0) is 10.0 Å². The summed E-state index contributed by atoms with van der Waals surface area (Å²) >= 11 is 7.57. The summed E-state index contributed by atoms with van der Waals surface area (Å²) in [5.41, 5.74) is 0.282. The average molecular weight is 438 g/mol. The monoisotopic (exact) mass is 437 g/mol. The van der Waals surface area contributed by atoms with Crippen LogP contribution in [0, 0.1) is 3.57 Å². The van der Waals surface area contributed by atoms with Crippen LogP contribution in [0.1, 0.15) is 10.4 Å². The molecule has 21 heavy (non-hydrogen) atoms. The molecule has 0 bridgehead atoms. The third kappa shape index (κ3) is 3.86. The number of anilines is 1. The van der Waals surface area contributed by atoms with Gasteiger partial charge in [-0.25, -0.2) is 13.2 Å². The van der Waals surface area contributed by atoms with Crippen molar-refractivity contribution in [3.8, 4) is 0 Å². The van der Waals surface area contributed by atoms with Crippen LogP contribution in [-0.4, -0.2) is 19.5 Å². The maximum Gasteiger partial charge on any atom is 0.336 e. The summed E-state index contributed by atoms with van der Waals surface area (Å²) in [6.45, 7) is 0. The van der Waals surface area contributed by atoms with Gasteiger partial charge < -0.3 is 5.11 Å². The third-order valence-electron chi connectivity index (χ3n) is 2.57. The van der Waals surface area contributed by atoms with Crippen LogP contribution in [0.3, 0.4) is 0 Å². The molecule has 5 nitrogen and oxygen atoms in total. The highest BCUT2D eigenvalue weighted by Crippen LogP contribution is 2.21. The number of nitrogens with one attached hydrogen (secondary N) is 1. The predicted molar refractivity (Wildman–Crippen MR) is 88.4 cm³/mol. The molecule has 0 unspecified atom stereocenters. The van der Waals surface area contributed by atoms with Gasteiger partial charge in [0.25, 0.3) is 10.0 Å². The lowest BCUT2D eigenvalue weighted by Gasteiger charge is -2.09. The molecular weight excluding hydrogens is 429 g/mol. The van der Waals surface area contributed by atoms with Crippen LogP contribution in [0.2, 0.25) is 5.02 Å². The number of benzene rings is 2. The summed E-state index contributed by atoms with van der Waals surface area (Å²) in [7, 11) is -3.86. The number of hydrogen-bond acceptors (Lipinski definition) is 3. The van der Waals surface area contributed by atoms with Crippen LogP contribution in [0.4, 0.5) is 5.69 Å². The lowest BCUT2D eigenvalue weighted by Crippen LogP contribution is -2.14. The molecule has 110 valence electrons. The van der Waals surface area contributed by atoms with Gasteiger partial charge in [-0.15, -0.1) is 0 Å². The Bertz CT molecular complexity index is 790. The fraction of sp³-hybridized carbons (Fsp3) is 0. The number of aromatic carboxylic acids is 1. The van der Waals surface area contributed by atoms with E-state index in [0.29, 0.717) is 14.3 Å². The fourth-order valence-electron chi connectivity index (χ4n) is 1.57. The van der Waals surface area contributed by atoms with Gasteiger partial charge in [0, 0.05) is 14.3 Å². The van der Waals surface area contributed by atoms with E-state index in [1.807, 2.05) is 22.6 Å². The minimum absolute atomic E-state index is 0.0606. The first-order valence-electron chi connectivity index (χ1n) is 5.61. The highest BCUT2D eigenvalue weighted by atomic mass is 127. The number of rotatable bonds is 4. The molecule has 0 spiro atoms. The van der Waals surface area contributed by atoms with Crippen molar-refractivity contribution in [3.05, 3.63) is 56.6 Å². The predicted octanol–water partition coefficient (Wildman–Crippen LogP) is 3.44. The van der Waals surface area contributed by atoms with Crippen molar-refractivity contribution in [2.45, 2.75) is 4.90 Å². The van der Waals surface area contributed by atoms with Crippen LogP contribution < -0.4 is 4.72 Å². The SMILES string of the molecule is O=C(O)c1cc(S(=O)(=O)Nc2ccc(Cl)cc2)ccc1I. The maximum atomic E-state index is 12.2. The second kappa shape index (κ2) is 6.20. The first kappa shape index (κ1) is 16.1. The Morgan fingerprint density at radius 1 is 1.14 bits per heavy atom. The Morgan fingerprint density at radius 3 is 2.33 bits per heavy atom. The standard InChI is InChI=1S/C13H9ClINO4S/c14-8-1-3-9(4-2-8)16-21(19,20)10-5-6-12(15)11(7-10)13(17)18/h1-7,16H,(H,17,18). The molecule has 2 aromatic carbocycles. The molecule has 0 heterocycles. The van der Waals surface area contributed by atoms with E-state index in [1.165, 1.54) is 24.3 Å². The van der Waals surface area contributed by atoms with Crippen molar-refractivity contribution < 1.29 is 18.3 Å². The van der Waals surface area contributed by atoms with E-state index in [1.54, 1.807) is 12.1 Å². The zero-order chi connectivity index (χ0) is 15.6. The molecule has 0 radical (unpaired) electrons. The zero-order valence-electron chi connectivity index (χ0n) is 10.4. The van der Waals surface area contributed by atoms with Crippen molar-refractivity contribution in [2.75, 3.05) is 4.72 Å². The highest BCUT2D eigenvalue weighted by molar-refractivity contribution is 14.1. The minimum atomic E-state index is -3.86. The lowest BCUT2D eigenvalue weighted by atomic mass is 10.2. The normalized spacial score (nSPS) is 11.1. The number of carbonyl (C=O) groups is 1.